The van der Waals surface area contributed by atoms with Gasteiger partial charge in [-0.3, -0.25) is 4.79 Å². The van der Waals surface area contributed by atoms with Crippen LogP contribution in [0, 0.1) is 23.2 Å². The Balaban J connectivity index is 1.43. The van der Waals surface area contributed by atoms with Gasteiger partial charge in [0.25, 0.3) is 0 Å². The number of nitrogens with one attached hydrogen (secondary N) is 1. The van der Waals surface area contributed by atoms with Crippen LogP contribution >= 0.6 is 0 Å². The number of carbonyl (C=O) groups excluding carboxylic acids is 1. The minimum Gasteiger partial charge on any atom is -0.381 e. The van der Waals surface area contributed by atoms with Crippen LogP contribution in [-0.4, -0.2) is 50.2 Å². The fourth-order valence-corrected chi connectivity index (χ4v) is 6.35. The molecule has 0 radical (unpaired) electrons. The highest BCUT2D eigenvalue weighted by Gasteiger charge is 2.54. The van der Waals surface area contributed by atoms with E-state index in [0.29, 0.717) is 5.91 Å². The Labute approximate surface area is 140 Å². The van der Waals surface area contributed by atoms with E-state index in [4.69, 9.17) is 4.74 Å². The van der Waals surface area contributed by atoms with Crippen LogP contribution in [0.25, 0.3) is 0 Å². The average molecular weight is 320 g/mol. The maximum Gasteiger partial charge on any atom is 0.226 e. The molecule has 4 aliphatic carbocycles. The first-order valence-corrected chi connectivity index (χ1v) is 9.55. The van der Waals surface area contributed by atoms with E-state index in [2.05, 4.69) is 24.3 Å². The fourth-order valence-electron chi connectivity index (χ4n) is 6.35. The third kappa shape index (κ3) is 2.72. The lowest BCUT2D eigenvalue weighted by Crippen LogP contribution is -2.59. The van der Waals surface area contributed by atoms with E-state index in [1.165, 1.54) is 19.3 Å². The number of hydrogen-bond donors (Lipinski definition) is 1. The standard InChI is InChI=1S/C19H32N2O2/c1-21(2)19(3-5-23-6-4-19)13-20-17(22)18-10-14-7-15(11-18)9-16(8-14)12-18/h14-16H,3-13H2,1-2H3,(H,20,22). The Kier molecular flexibility index (Phi) is 3.96. The molecule has 0 atom stereocenters. The fraction of sp³-hybridized carbons (Fsp3) is 0.947. The van der Waals surface area contributed by atoms with E-state index < -0.39 is 0 Å². The van der Waals surface area contributed by atoms with Gasteiger partial charge >= 0.3 is 0 Å². The summed E-state index contributed by atoms with van der Waals surface area (Å²) in [6.45, 7) is 2.40. The Morgan fingerprint density at radius 3 is 2.04 bits per heavy atom. The highest BCUT2D eigenvalue weighted by atomic mass is 16.5. The van der Waals surface area contributed by atoms with E-state index in [-0.39, 0.29) is 11.0 Å². The van der Waals surface area contributed by atoms with Crippen LogP contribution in [-0.2, 0) is 9.53 Å². The number of likely N-dealkylation sites (N-methyl/N-ethyl adjacent to an activating group) is 1. The molecule has 1 heterocycles. The van der Waals surface area contributed by atoms with Crippen molar-refractivity contribution in [1.82, 2.24) is 10.2 Å². The summed E-state index contributed by atoms with van der Waals surface area (Å²) in [7, 11) is 4.28. The van der Waals surface area contributed by atoms with Gasteiger partial charge in [0.15, 0.2) is 0 Å². The van der Waals surface area contributed by atoms with Crippen molar-refractivity contribution in [2.45, 2.75) is 56.9 Å². The summed E-state index contributed by atoms with van der Waals surface area (Å²) in [6.07, 6.45) is 9.68. The second-order valence-corrected chi connectivity index (χ2v) is 9.11. The first kappa shape index (κ1) is 15.9. The third-order valence-corrected chi connectivity index (χ3v) is 7.47. The summed E-state index contributed by atoms with van der Waals surface area (Å²) in [5.74, 6) is 2.86. The molecule has 4 nitrogen and oxygen atoms in total. The molecule has 23 heavy (non-hydrogen) atoms. The first-order chi connectivity index (χ1) is 11.0. The van der Waals surface area contributed by atoms with Gasteiger partial charge in [-0.15, -0.1) is 0 Å². The lowest BCUT2D eigenvalue weighted by atomic mass is 9.49. The van der Waals surface area contributed by atoms with Crippen molar-refractivity contribution < 1.29 is 9.53 Å². The molecule has 0 unspecified atom stereocenters. The Morgan fingerprint density at radius 1 is 1.04 bits per heavy atom. The van der Waals surface area contributed by atoms with Crippen molar-refractivity contribution in [2.75, 3.05) is 33.9 Å². The van der Waals surface area contributed by atoms with Gasteiger partial charge in [0, 0.05) is 30.7 Å². The zero-order valence-electron chi connectivity index (χ0n) is 14.8. The molecule has 4 saturated carbocycles. The Bertz CT molecular complexity index is 433. The summed E-state index contributed by atoms with van der Waals surface area (Å²) in [5.41, 5.74) is 0.0592. The van der Waals surface area contributed by atoms with Crippen molar-refractivity contribution in [3.8, 4) is 0 Å². The van der Waals surface area contributed by atoms with Crippen LogP contribution in [0.3, 0.4) is 0 Å². The van der Waals surface area contributed by atoms with Crippen LogP contribution in [0.5, 0.6) is 0 Å². The molecule has 4 bridgehead atoms. The predicted octanol–water partition coefficient (Wildman–Crippen LogP) is 2.43. The first-order valence-electron chi connectivity index (χ1n) is 9.55. The van der Waals surface area contributed by atoms with Gasteiger partial charge in [-0.1, -0.05) is 0 Å². The summed E-state index contributed by atoms with van der Waals surface area (Å²) in [4.78, 5) is 15.4. The summed E-state index contributed by atoms with van der Waals surface area (Å²) in [6, 6.07) is 0. The molecule has 0 aromatic rings. The molecule has 5 rings (SSSR count). The molecular weight excluding hydrogens is 288 g/mol. The maximum absolute atomic E-state index is 13.1. The number of amides is 1. The predicted molar refractivity (Wildman–Crippen MR) is 90.1 cm³/mol. The van der Waals surface area contributed by atoms with E-state index in [1.54, 1.807) is 0 Å². The molecule has 0 spiro atoms. The van der Waals surface area contributed by atoms with Crippen molar-refractivity contribution >= 4 is 5.91 Å². The highest BCUT2D eigenvalue weighted by Crippen LogP contribution is 2.60. The number of carbonyl (C=O) groups is 1. The minimum absolute atomic E-state index is 0.0204. The number of rotatable bonds is 4. The average Bonchev–Trinajstić information content (AvgIpc) is 2.52. The van der Waals surface area contributed by atoms with E-state index in [9.17, 15) is 4.79 Å². The lowest BCUT2D eigenvalue weighted by Gasteiger charge is -2.56. The van der Waals surface area contributed by atoms with Gasteiger partial charge < -0.3 is 15.0 Å². The molecule has 1 amide bonds. The van der Waals surface area contributed by atoms with Crippen LogP contribution < -0.4 is 5.32 Å². The second kappa shape index (κ2) is 5.73. The van der Waals surface area contributed by atoms with Gasteiger partial charge in [-0.05, 0) is 83.2 Å². The smallest absolute Gasteiger partial charge is 0.226 e. The topological polar surface area (TPSA) is 41.6 Å². The molecule has 1 aliphatic heterocycles. The molecule has 5 fully saturated rings. The van der Waals surface area contributed by atoms with Gasteiger partial charge in [-0.2, -0.15) is 0 Å². The number of ether oxygens (including phenoxy) is 1. The van der Waals surface area contributed by atoms with Gasteiger partial charge in [0.1, 0.15) is 0 Å². The molecule has 130 valence electrons. The molecular formula is C19H32N2O2. The minimum atomic E-state index is -0.0204. The molecule has 5 aliphatic rings. The largest absolute Gasteiger partial charge is 0.381 e. The van der Waals surface area contributed by atoms with Gasteiger partial charge in [0.2, 0.25) is 5.91 Å². The normalized spacial score (nSPS) is 41.3. The highest BCUT2D eigenvalue weighted by molar-refractivity contribution is 5.83. The Hall–Kier alpha value is -0.610. The van der Waals surface area contributed by atoms with Crippen molar-refractivity contribution in [3.63, 3.8) is 0 Å². The van der Waals surface area contributed by atoms with Gasteiger partial charge in [0.05, 0.1) is 0 Å². The number of hydrogen-bond acceptors (Lipinski definition) is 3. The molecule has 1 N–H and O–H groups in total. The summed E-state index contributed by atoms with van der Waals surface area (Å²) in [5, 5.41) is 3.40. The maximum atomic E-state index is 13.1. The third-order valence-electron chi connectivity index (χ3n) is 7.47. The SMILES string of the molecule is CN(C)C1(CNC(=O)C23CC4CC(CC(C4)C2)C3)CCOCC1. The van der Waals surface area contributed by atoms with E-state index in [1.807, 2.05) is 0 Å². The number of nitrogens with zero attached hydrogens (tertiary/aromatic N) is 1. The Morgan fingerprint density at radius 2 is 1.57 bits per heavy atom. The van der Waals surface area contributed by atoms with Crippen molar-refractivity contribution in [1.29, 1.82) is 0 Å². The van der Waals surface area contributed by atoms with E-state index in [0.717, 1.165) is 69.6 Å². The van der Waals surface area contributed by atoms with Crippen LogP contribution in [0.15, 0.2) is 0 Å². The summed E-state index contributed by atoms with van der Waals surface area (Å²) >= 11 is 0. The lowest BCUT2D eigenvalue weighted by molar-refractivity contribution is -0.147. The van der Waals surface area contributed by atoms with E-state index >= 15 is 0 Å². The summed E-state index contributed by atoms with van der Waals surface area (Å²) < 4.78 is 5.54. The van der Waals surface area contributed by atoms with Crippen molar-refractivity contribution in [2.24, 2.45) is 23.2 Å². The van der Waals surface area contributed by atoms with Crippen LogP contribution in [0.2, 0.25) is 0 Å². The molecule has 0 aromatic heterocycles. The zero-order valence-corrected chi connectivity index (χ0v) is 14.8. The molecule has 4 heteroatoms. The van der Waals surface area contributed by atoms with Crippen LogP contribution in [0.1, 0.15) is 51.4 Å². The zero-order chi connectivity index (χ0) is 16.1. The quantitative estimate of drug-likeness (QED) is 0.865. The van der Waals surface area contributed by atoms with Crippen LogP contribution in [0.4, 0.5) is 0 Å². The van der Waals surface area contributed by atoms with Crippen molar-refractivity contribution in [3.05, 3.63) is 0 Å². The monoisotopic (exact) mass is 320 g/mol. The second-order valence-electron chi connectivity index (χ2n) is 9.11. The molecule has 0 aromatic carbocycles. The molecule has 1 saturated heterocycles. The van der Waals surface area contributed by atoms with Gasteiger partial charge in [-0.25, -0.2) is 0 Å².